The highest BCUT2D eigenvalue weighted by Crippen LogP contribution is 2.48. The van der Waals surface area contributed by atoms with Crippen LogP contribution in [0, 0.1) is 5.41 Å². The zero-order chi connectivity index (χ0) is 13.9. The monoisotopic (exact) mass is 279 g/mol. The second-order valence-corrected chi connectivity index (χ2v) is 7.76. The molecule has 0 aromatic carbocycles. The molecule has 0 aromatic heterocycles. The normalized spacial score (nSPS) is 31.4. The van der Waals surface area contributed by atoms with Crippen LogP contribution >= 0.6 is 0 Å². The third kappa shape index (κ3) is 3.22. The first-order valence-electron chi connectivity index (χ1n) is 9.15. The maximum atomic E-state index is 6.58. The van der Waals surface area contributed by atoms with Gasteiger partial charge >= 0.3 is 0 Å². The lowest BCUT2D eigenvalue weighted by Crippen LogP contribution is -2.36. The number of hydrogen-bond donors (Lipinski definition) is 1. The largest absolute Gasteiger partial charge is 0.372 e. The van der Waals surface area contributed by atoms with E-state index in [4.69, 9.17) is 4.74 Å². The van der Waals surface area contributed by atoms with Crippen LogP contribution in [0.3, 0.4) is 0 Å². The molecular weight excluding hydrogens is 246 g/mol. The lowest BCUT2D eigenvalue weighted by molar-refractivity contribution is -0.0530. The van der Waals surface area contributed by atoms with E-state index < -0.39 is 0 Å². The molecule has 1 N–H and O–H groups in total. The summed E-state index contributed by atoms with van der Waals surface area (Å²) in [5.74, 6) is 0. The van der Waals surface area contributed by atoms with Crippen LogP contribution in [0.4, 0.5) is 0 Å². The minimum absolute atomic E-state index is 0.321. The standard InChI is InChI=1S/C18H33NO/c1-2-13-19-15-17(8-3-4-9-17)14-16-7-12-18(20-16)10-5-6-11-18/h16,19H,2-15H2,1H3. The molecule has 0 radical (unpaired) electrons. The SMILES string of the molecule is CCCNCC1(CC2CCC3(CCCC3)O2)CCCC1. The van der Waals surface area contributed by atoms with E-state index in [1.165, 1.54) is 90.1 Å². The van der Waals surface area contributed by atoms with Gasteiger partial charge in [0.2, 0.25) is 0 Å². The Labute approximate surface area is 125 Å². The van der Waals surface area contributed by atoms with Gasteiger partial charge in [0, 0.05) is 6.54 Å². The highest BCUT2D eigenvalue weighted by molar-refractivity contribution is 4.96. The summed E-state index contributed by atoms with van der Waals surface area (Å²) in [6.07, 6.45) is 17.0. The van der Waals surface area contributed by atoms with E-state index in [0.717, 1.165) is 0 Å². The van der Waals surface area contributed by atoms with Crippen molar-refractivity contribution in [1.82, 2.24) is 5.32 Å². The van der Waals surface area contributed by atoms with E-state index in [2.05, 4.69) is 12.2 Å². The van der Waals surface area contributed by atoms with E-state index in [9.17, 15) is 0 Å². The topological polar surface area (TPSA) is 21.3 Å². The molecule has 0 amide bonds. The Morgan fingerprint density at radius 2 is 1.70 bits per heavy atom. The molecule has 1 unspecified atom stereocenters. The fourth-order valence-electron chi connectivity index (χ4n) is 5.02. The van der Waals surface area contributed by atoms with E-state index in [1.54, 1.807) is 0 Å². The van der Waals surface area contributed by atoms with Gasteiger partial charge in [0.05, 0.1) is 11.7 Å². The molecule has 1 spiro atoms. The van der Waals surface area contributed by atoms with E-state index >= 15 is 0 Å². The highest BCUT2D eigenvalue weighted by Gasteiger charge is 2.45. The van der Waals surface area contributed by atoms with Crippen molar-refractivity contribution in [2.45, 2.75) is 95.7 Å². The second-order valence-electron chi connectivity index (χ2n) is 7.76. The maximum absolute atomic E-state index is 6.58. The average Bonchev–Trinajstić information content (AvgIpc) is 3.15. The molecule has 2 saturated carbocycles. The molecule has 2 aliphatic carbocycles. The molecule has 1 saturated heterocycles. The third-order valence-corrected chi connectivity index (χ3v) is 6.11. The van der Waals surface area contributed by atoms with E-state index in [-0.39, 0.29) is 0 Å². The van der Waals surface area contributed by atoms with Gasteiger partial charge in [-0.05, 0) is 63.3 Å². The molecule has 1 atom stereocenters. The van der Waals surface area contributed by atoms with Gasteiger partial charge in [0.1, 0.15) is 0 Å². The smallest absolute Gasteiger partial charge is 0.0687 e. The zero-order valence-corrected chi connectivity index (χ0v) is 13.4. The van der Waals surface area contributed by atoms with Crippen LogP contribution in [-0.2, 0) is 4.74 Å². The van der Waals surface area contributed by atoms with Crippen molar-refractivity contribution < 1.29 is 4.74 Å². The number of hydrogen-bond acceptors (Lipinski definition) is 2. The van der Waals surface area contributed by atoms with Crippen LogP contribution in [0.5, 0.6) is 0 Å². The van der Waals surface area contributed by atoms with Crippen LogP contribution in [-0.4, -0.2) is 24.8 Å². The molecule has 3 fully saturated rings. The summed E-state index contributed by atoms with van der Waals surface area (Å²) in [7, 11) is 0. The Kier molecular flexibility index (Phi) is 4.72. The Bertz CT molecular complexity index is 303. The van der Waals surface area contributed by atoms with Crippen LogP contribution in [0.15, 0.2) is 0 Å². The number of rotatable bonds is 6. The maximum Gasteiger partial charge on any atom is 0.0687 e. The first kappa shape index (κ1) is 14.8. The van der Waals surface area contributed by atoms with Gasteiger partial charge in [-0.15, -0.1) is 0 Å². The minimum Gasteiger partial charge on any atom is -0.372 e. The van der Waals surface area contributed by atoms with E-state index in [0.29, 0.717) is 17.1 Å². The molecule has 2 heteroatoms. The van der Waals surface area contributed by atoms with Gasteiger partial charge in [0.25, 0.3) is 0 Å². The van der Waals surface area contributed by atoms with Crippen molar-refractivity contribution >= 4 is 0 Å². The summed E-state index contributed by atoms with van der Waals surface area (Å²) < 4.78 is 6.58. The third-order valence-electron chi connectivity index (χ3n) is 6.11. The predicted molar refractivity (Wildman–Crippen MR) is 84.0 cm³/mol. The summed E-state index contributed by atoms with van der Waals surface area (Å²) >= 11 is 0. The van der Waals surface area contributed by atoms with Gasteiger partial charge in [0.15, 0.2) is 0 Å². The fraction of sp³-hybridized carbons (Fsp3) is 1.00. The highest BCUT2D eigenvalue weighted by atomic mass is 16.5. The van der Waals surface area contributed by atoms with Crippen molar-refractivity contribution in [3.63, 3.8) is 0 Å². The molecule has 1 aliphatic heterocycles. The van der Waals surface area contributed by atoms with Gasteiger partial charge in [-0.2, -0.15) is 0 Å². The summed E-state index contributed by atoms with van der Waals surface area (Å²) in [5, 5.41) is 3.70. The second kappa shape index (κ2) is 6.36. The van der Waals surface area contributed by atoms with Crippen LogP contribution < -0.4 is 5.32 Å². The lowest BCUT2D eigenvalue weighted by Gasteiger charge is -2.33. The Morgan fingerprint density at radius 1 is 1.00 bits per heavy atom. The van der Waals surface area contributed by atoms with Gasteiger partial charge < -0.3 is 10.1 Å². The first-order valence-corrected chi connectivity index (χ1v) is 9.15. The molecule has 3 aliphatic rings. The molecule has 0 bridgehead atoms. The van der Waals surface area contributed by atoms with Crippen molar-refractivity contribution in [2.24, 2.45) is 5.41 Å². The van der Waals surface area contributed by atoms with Crippen LogP contribution in [0.25, 0.3) is 0 Å². The summed E-state index contributed by atoms with van der Waals surface area (Å²) in [6, 6.07) is 0. The van der Waals surface area contributed by atoms with Crippen molar-refractivity contribution in [2.75, 3.05) is 13.1 Å². The van der Waals surface area contributed by atoms with Crippen molar-refractivity contribution in [3.05, 3.63) is 0 Å². The van der Waals surface area contributed by atoms with Gasteiger partial charge in [-0.25, -0.2) is 0 Å². The lowest BCUT2D eigenvalue weighted by atomic mass is 9.80. The molecule has 116 valence electrons. The van der Waals surface area contributed by atoms with Crippen LogP contribution in [0.1, 0.15) is 84.0 Å². The zero-order valence-electron chi connectivity index (χ0n) is 13.4. The molecule has 2 nitrogen and oxygen atoms in total. The average molecular weight is 279 g/mol. The quantitative estimate of drug-likeness (QED) is 0.726. The molecule has 3 rings (SSSR count). The Balaban J connectivity index is 1.54. The first-order chi connectivity index (χ1) is 9.76. The molecular formula is C18H33NO. The predicted octanol–water partition coefficient (Wildman–Crippen LogP) is 4.43. The number of ether oxygens (including phenoxy) is 1. The molecule has 20 heavy (non-hydrogen) atoms. The summed E-state index contributed by atoms with van der Waals surface area (Å²) in [5.41, 5.74) is 0.880. The van der Waals surface area contributed by atoms with Gasteiger partial charge in [-0.3, -0.25) is 0 Å². The van der Waals surface area contributed by atoms with Crippen LogP contribution in [0.2, 0.25) is 0 Å². The Morgan fingerprint density at radius 3 is 2.40 bits per heavy atom. The molecule has 0 aromatic rings. The number of nitrogens with one attached hydrogen (secondary N) is 1. The van der Waals surface area contributed by atoms with Crippen molar-refractivity contribution in [3.8, 4) is 0 Å². The summed E-state index contributed by atoms with van der Waals surface area (Å²) in [4.78, 5) is 0. The summed E-state index contributed by atoms with van der Waals surface area (Å²) in [6.45, 7) is 4.67. The van der Waals surface area contributed by atoms with E-state index in [1.807, 2.05) is 0 Å². The van der Waals surface area contributed by atoms with Crippen molar-refractivity contribution in [1.29, 1.82) is 0 Å². The molecule has 1 heterocycles. The minimum atomic E-state index is 0.321. The van der Waals surface area contributed by atoms with Gasteiger partial charge in [-0.1, -0.05) is 32.6 Å². The Hall–Kier alpha value is -0.0800. The fourth-order valence-corrected chi connectivity index (χ4v) is 5.02.